The molecule has 0 aliphatic carbocycles. The van der Waals surface area contributed by atoms with Gasteiger partial charge in [-0.2, -0.15) is 0 Å². The van der Waals surface area contributed by atoms with E-state index in [0.717, 1.165) is 44.8 Å². The van der Waals surface area contributed by atoms with Gasteiger partial charge in [0.1, 0.15) is 0 Å². The van der Waals surface area contributed by atoms with Crippen molar-refractivity contribution < 1.29 is 4.79 Å². The van der Waals surface area contributed by atoms with E-state index in [0.29, 0.717) is 6.42 Å². The summed E-state index contributed by atoms with van der Waals surface area (Å²) in [7, 11) is 0. The van der Waals surface area contributed by atoms with E-state index in [1.54, 1.807) is 0 Å². The molecule has 0 saturated carbocycles. The molecule has 3 nitrogen and oxygen atoms in total. The summed E-state index contributed by atoms with van der Waals surface area (Å²) in [5.41, 5.74) is 1.41. The first-order chi connectivity index (χ1) is 10.8. The van der Waals surface area contributed by atoms with E-state index in [9.17, 15) is 4.79 Å². The molecule has 1 amide bonds. The van der Waals surface area contributed by atoms with E-state index in [2.05, 4.69) is 41.0 Å². The Balaban J connectivity index is 1.43. The summed E-state index contributed by atoms with van der Waals surface area (Å²) in [6, 6.07) is 10.6. The fraction of sp³-hybridized carbons (Fsp3) is 0.632. The minimum absolute atomic E-state index is 0.238. The van der Waals surface area contributed by atoms with Crippen LogP contribution in [0.5, 0.6) is 0 Å². The number of piperidine rings is 1. The van der Waals surface area contributed by atoms with Crippen molar-refractivity contribution in [3.63, 3.8) is 0 Å². The molecule has 3 heteroatoms. The molecule has 1 fully saturated rings. The summed E-state index contributed by atoms with van der Waals surface area (Å²) in [5, 5.41) is 6.43. The maximum atomic E-state index is 11.8. The Morgan fingerprint density at radius 2 is 1.86 bits per heavy atom. The van der Waals surface area contributed by atoms with Crippen molar-refractivity contribution in [3.8, 4) is 0 Å². The Bertz CT molecular complexity index is 413. The highest BCUT2D eigenvalue weighted by Crippen LogP contribution is 2.17. The molecule has 0 spiro atoms. The first-order valence-electron chi connectivity index (χ1n) is 8.86. The van der Waals surface area contributed by atoms with E-state index in [1.165, 1.54) is 31.2 Å². The third kappa shape index (κ3) is 7.08. The van der Waals surface area contributed by atoms with Crippen LogP contribution >= 0.6 is 0 Å². The predicted octanol–water partition coefficient (Wildman–Crippen LogP) is 3.30. The van der Waals surface area contributed by atoms with Crippen LogP contribution in [0.15, 0.2) is 30.3 Å². The first-order valence-corrected chi connectivity index (χ1v) is 8.86. The summed E-state index contributed by atoms with van der Waals surface area (Å²) in [6.45, 7) is 3.07. The Morgan fingerprint density at radius 1 is 1.09 bits per heavy atom. The number of carbonyl (C=O) groups excluding carboxylic acids is 1. The Labute approximate surface area is 134 Å². The van der Waals surface area contributed by atoms with Crippen LogP contribution in [-0.4, -0.2) is 25.5 Å². The van der Waals surface area contributed by atoms with Crippen LogP contribution in [0.1, 0.15) is 50.5 Å². The zero-order chi connectivity index (χ0) is 15.5. The number of unbranched alkanes of at least 4 members (excludes halogenated alkanes) is 2. The van der Waals surface area contributed by atoms with Crippen molar-refractivity contribution in [2.24, 2.45) is 5.92 Å². The standard InChI is InChI=1S/C19H30N2O/c22-19(11-10-18-12-15-20-16-13-18)21-14-6-2-5-9-17-7-3-1-4-8-17/h1,3-4,7-8,18,20H,2,5-6,9-16H2,(H,21,22). The predicted molar refractivity (Wildman–Crippen MR) is 91.8 cm³/mol. The van der Waals surface area contributed by atoms with Crippen LogP contribution < -0.4 is 10.6 Å². The van der Waals surface area contributed by atoms with Gasteiger partial charge in [-0.1, -0.05) is 36.8 Å². The summed E-state index contributed by atoms with van der Waals surface area (Å²) in [6.07, 6.45) is 8.84. The molecule has 0 atom stereocenters. The highest BCUT2D eigenvalue weighted by Gasteiger charge is 2.14. The van der Waals surface area contributed by atoms with Crippen molar-refractivity contribution >= 4 is 5.91 Å². The highest BCUT2D eigenvalue weighted by atomic mass is 16.1. The molecule has 0 unspecified atom stereocenters. The molecule has 1 aromatic carbocycles. The van der Waals surface area contributed by atoms with Crippen molar-refractivity contribution in [1.29, 1.82) is 0 Å². The number of amides is 1. The van der Waals surface area contributed by atoms with Gasteiger partial charge in [-0.3, -0.25) is 4.79 Å². The fourth-order valence-corrected chi connectivity index (χ4v) is 3.10. The van der Waals surface area contributed by atoms with Crippen LogP contribution in [0.25, 0.3) is 0 Å². The minimum atomic E-state index is 0.238. The molecular formula is C19H30N2O. The molecular weight excluding hydrogens is 272 g/mol. The summed E-state index contributed by atoms with van der Waals surface area (Å²) in [4.78, 5) is 11.8. The van der Waals surface area contributed by atoms with Crippen molar-refractivity contribution in [1.82, 2.24) is 10.6 Å². The number of hydrogen-bond acceptors (Lipinski definition) is 2. The largest absolute Gasteiger partial charge is 0.356 e. The third-order valence-electron chi connectivity index (χ3n) is 4.55. The van der Waals surface area contributed by atoms with E-state index in [1.807, 2.05) is 0 Å². The second kappa shape index (κ2) is 10.4. The quantitative estimate of drug-likeness (QED) is 0.687. The molecule has 0 aromatic heterocycles. The molecule has 1 aliphatic heterocycles. The monoisotopic (exact) mass is 302 g/mol. The lowest BCUT2D eigenvalue weighted by Crippen LogP contribution is -2.29. The van der Waals surface area contributed by atoms with Gasteiger partial charge in [-0.25, -0.2) is 0 Å². The van der Waals surface area contributed by atoms with Crippen LogP contribution in [0.3, 0.4) is 0 Å². The zero-order valence-corrected chi connectivity index (χ0v) is 13.7. The van der Waals surface area contributed by atoms with E-state index < -0.39 is 0 Å². The van der Waals surface area contributed by atoms with Gasteiger partial charge in [0.25, 0.3) is 0 Å². The molecule has 1 saturated heterocycles. The lowest BCUT2D eigenvalue weighted by Gasteiger charge is -2.22. The van der Waals surface area contributed by atoms with Crippen molar-refractivity contribution in [2.75, 3.05) is 19.6 Å². The van der Waals surface area contributed by atoms with Crippen LogP contribution in [0, 0.1) is 5.92 Å². The summed E-state index contributed by atoms with van der Waals surface area (Å²) in [5.74, 6) is 0.986. The van der Waals surface area contributed by atoms with Gasteiger partial charge >= 0.3 is 0 Å². The maximum Gasteiger partial charge on any atom is 0.220 e. The van der Waals surface area contributed by atoms with Crippen LogP contribution in [0.2, 0.25) is 0 Å². The summed E-state index contributed by atoms with van der Waals surface area (Å²) >= 11 is 0. The number of carbonyl (C=O) groups is 1. The van der Waals surface area contributed by atoms with Crippen molar-refractivity contribution in [3.05, 3.63) is 35.9 Å². The van der Waals surface area contributed by atoms with Gasteiger partial charge in [-0.05, 0) is 63.1 Å². The Hall–Kier alpha value is -1.35. The van der Waals surface area contributed by atoms with Gasteiger partial charge in [0.15, 0.2) is 0 Å². The van der Waals surface area contributed by atoms with Gasteiger partial charge in [-0.15, -0.1) is 0 Å². The topological polar surface area (TPSA) is 41.1 Å². The van der Waals surface area contributed by atoms with E-state index >= 15 is 0 Å². The molecule has 2 N–H and O–H groups in total. The Morgan fingerprint density at radius 3 is 2.64 bits per heavy atom. The zero-order valence-electron chi connectivity index (χ0n) is 13.7. The van der Waals surface area contributed by atoms with Crippen LogP contribution in [-0.2, 0) is 11.2 Å². The second-order valence-corrected chi connectivity index (χ2v) is 6.38. The Kier molecular flexibility index (Phi) is 8.03. The smallest absolute Gasteiger partial charge is 0.220 e. The number of nitrogens with one attached hydrogen (secondary N) is 2. The second-order valence-electron chi connectivity index (χ2n) is 6.38. The number of benzene rings is 1. The lowest BCUT2D eigenvalue weighted by molar-refractivity contribution is -0.121. The molecule has 1 aliphatic rings. The number of rotatable bonds is 9. The summed E-state index contributed by atoms with van der Waals surface area (Å²) < 4.78 is 0. The van der Waals surface area contributed by atoms with Gasteiger partial charge < -0.3 is 10.6 Å². The fourth-order valence-electron chi connectivity index (χ4n) is 3.10. The normalized spacial score (nSPS) is 15.6. The van der Waals surface area contributed by atoms with Gasteiger partial charge in [0.05, 0.1) is 0 Å². The minimum Gasteiger partial charge on any atom is -0.356 e. The molecule has 2 rings (SSSR count). The maximum absolute atomic E-state index is 11.8. The molecule has 22 heavy (non-hydrogen) atoms. The van der Waals surface area contributed by atoms with E-state index in [-0.39, 0.29) is 5.91 Å². The molecule has 1 heterocycles. The number of hydrogen-bond donors (Lipinski definition) is 2. The van der Waals surface area contributed by atoms with Gasteiger partial charge in [0, 0.05) is 13.0 Å². The van der Waals surface area contributed by atoms with Crippen LogP contribution in [0.4, 0.5) is 0 Å². The third-order valence-corrected chi connectivity index (χ3v) is 4.55. The average molecular weight is 302 g/mol. The molecule has 0 bridgehead atoms. The molecule has 1 aromatic rings. The van der Waals surface area contributed by atoms with Gasteiger partial charge in [0.2, 0.25) is 5.91 Å². The highest BCUT2D eigenvalue weighted by molar-refractivity contribution is 5.75. The average Bonchev–Trinajstić information content (AvgIpc) is 2.58. The van der Waals surface area contributed by atoms with E-state index in [4.69, 9.17) is 0 Å². The lowest BCUT2D eigenvalue weighted by atomic mass is 9.93. The molecule has 0 radical (unpaired) electrons. The molecule has 122 valence electrons. The SMILES string of the molecule is O=C(CCC1CCNCC1)NCCCCCc1ccccc1. The first kappa shape index (κ1) is 17.0. The van der Waals surface area contributed by atoms with Crippen molar-refractivity contribution in [2.45, 2.75) is 51.4 Å². The number of aryl methyl sites for hydroxylation is 1.